The van der Waals surface area contributed by atoms with Crippen molar-refractivity contribution < 1.29 is 23.8 Å². The second kappa shape index (κ2) is 7.23. The van der Waals surface area contributed by atoms with E-state index >= 15 is 0 Å². The van der Waals surface area contributed by atoms with Crippen LogP contribution in [-0.4, -0.2) is 47.9 Å². The Morgan fingerprint density at radius 1 is 1.17 bits per heavy atom. The van der Waals surface area contributed by atoms with Crippen LogP contribution >= 0.6 is 0 Å². The van der Waals surface area contributed by atoms with Gasteiger partial charge in [-0.3, -0.25) is 4.90 Å². The van der Waals surface area contributed by atoms with Gasteiger partial charge < -0.3 is 14.2 Å². The van der Waals surface area contributed by atoms with E-state index in [9.17, 15) is 9.59 Å². The maximum absolute atomic E-state index is 12.3. The monoisotopic (exact) mass is 327 g/mol. The molecule has 1 amide bonds. The van der Waals surface area contributed by atoms with Gasteiger partial charge in [-0.2, -0.15) is 0 Å². The van der Waals surface area contributed by atoms with Gasteiger partial charge in [0, 0.05) is 23.9 Å². The van der Waals surface area contributed by atoms with Crippen molar-refractivity contribution in [1.82, 2.24) is 4.90 Å². The van der Waals surface area contributed by atoms with E-state index in [0.29, 0.717) is 19.4 Å². The lowest BCUT2D eigenvalue weighted by Crippen LogP contribution is -2.64. The fourth-order valence-corrected chi connectivity index (χ4v) is 3.47. The van der Waals surface area contributed by atoms with E-state index in [1.54, 1.807) is 24.8 Å². The zero-order valence-corrected chi connectivity index (χ0v) is 15.3. The number of carbonyl (C=O) groups is 2. The zero-order chi connectivity index (χ0) is 17.8. The maximum Gasteiger partial charge on any atom is 0.410 e. The number of likely N-dealkylation sites (tertiary alicyclic amines) is 1. The van der Waals surface area contributed by atoms with Crippen molar-refractivity contribution in [2.75, 3.05) is 13.7 Å². The summed E-state index contributed by atoms with van der Waals surface area (Å²) in [5, 5.41) is 0. The van der Waals surface area contributed by atoms with Gasteiger partial charge in [-0.25, -0.2) is 9.59 Å². The van der Waals surface area contributed by atoms with Gasteiger partial charge in [-0.1, -0.05) is 0 Å². The van der Waals surface area contributed by atoms with E-state index in [1.165, 1.54) is 7.11 Å². The fraction of sp³-hybridized carbons (Fsp3) is 0.765. The third-order valence-electron chi connectivity index (χ3n) is 4.06. The van der Waals surface area contributed by atoms with Gasteiger partial charge in [0.2, 0.25) is 5.76 Å². The number of allylic oxidation sites excluding steroid dienone is 1. The molecule has 1 fully saturated rings. The number of hydrogen-bond donors (Lipinski definition) is 0. The number of piperidine rings is 1. The average molecular weight is 327 g/mol. The summed E-state index contributed by atoms with van der Waals surface area (Å²) in [6.07, 6.45) is 2.30. The Bertz CT molecular complexity index is 463. The highest BCUT2D eigenvalue weighted by molar-refractivity contribution is 5.86. The number of esters is 1. The lowest BCUT2D eigenvalue weighted by atomic mass is 9.78. The normalized spacial score (nSPS) is 20.8. The summed E-state index contributed by atoms with van der Waals surface area (Å²) in [6, 6.07) is 0. The highest BCUT2D eigenvalue weighted by Crippen LogP contribution is 2.40. The molecule has 6 heteroatoms. The molecule has 23 heavy (non-hydrogen) atoms. The highest BCUT2D eigenvalue weighted by atomic mass is 16.6. The predicted molar refractivity (Wildman–Crippen MR) is 86.9 cm³/mol. The van der Waals surface area contributed by atoms with Crippen LogP contribution in [0.4, 0.5) is 4.79 Å². The number of ether oxygens (including phenoxy) is 3. The molecule has 0 aliphatic carbocycles. The summed E-state index contributed by atoms with van der Waals surface area (Å²) in [4.78, 5) is 25.8. The number of rotatable bonds is 4. The first-order valence-corrected chi connectivity index (χ1v) is 7.97. The van der Waals surface area contributed by atoms with Crippen LogP contribution in [0.5, 0.6) is 0 Å². The summed E-state index contributed by atoms with van der Waals surface area (Å²) < 4.78 is 15.8. The Hall–Kier alpha value is -1.72. The predicted octanol–water partition coefficient (Wildman–Crippen LogP) is 3.26. The van der Waals surface area contributed by atoms with E-state index in [2.05, 4.69) is 0 Å². The van der Waals surface area contributed by atoms with Crippen LogP contribution in [0.25, 0.3) is 0 Å². The molecule has 6 nitrogen and oxygen atoms in total. The SMILES string of the molecule is CC=C(OC1CC(C)(C)N(C(=O)OCC)C(C)(C)C1)C(=O)OC. The largest absolute Gasteiger partial charge is 0.483 e. The second-order valence-electron chi connectivity index (χ2n) is 6.95. The van der Waals surface area contributed by atoms with Gasteiger partial charge >= 0.3 is 12.1 Å². The van der Waals surface area contributed by atoms with Gasteiger partial charge in [0.15, 0.2) is 0 Å². The number of amides is 1. The summed E-state index contributed by atoms with van der Waals surface area (Å²) >= 11 is 0. The molecule has 1 aliphatic heterocycles. The van der Waals surface area contributed by atoms with Gasteiger partial charge in [-0.05, 0) is 47.6 Å². The van der Waals surface area contributed by atoms with E-state index in [0.717, 1.165) is 0 Å². The quantitative estimate of drug-likeness (QED) is 0.450. The van der Waals surface area contributed by atoms with E-state index < -0.39 is 17.0 Å². The summed E-state index contributed by atoms with van der Waals surface area (Å²) in [5.41, 5.74) is -0.902. The van der Waals surface area contributed by atoms with Gasteiger partial charge in [-0.15, -0.1) is 0 Å². The Kier molecular flexibility index (Phi) is 6.08. The molecule has 1 heterocycles. The minimum absolute atomic E-state index is 0.184. The summed E-state index contributed by atoms with van der Waals surface area (Å²) in [5.74, 6) is -0.287. The van der Waals surface area contributed by atoms with Crippen molar-refractivity contribution in [2.45, 2.75) is 71.6 Å². The number of hydrogen-bond acceptors (Lipinski definition) is 5. The van der Waals surface area contributed by atoms with Crippen molar-refractivity contribution in [1.29, 1.82) is 0 Å². The lowest BCUT2D eigenvalue weighted by molar-refractivity contribution is -0.144. The molecule has 0 unspecified atom stereocenters. The number of methoxy groups -OCH3 is 1. The molecule has 0 N–H and O–H groups in total. The lowest BCUT2D eigenvalue weighted by Gasteiger charge is -2.53. The molecule has 0 aromatic carbocycles. The summed E-state index contributed by atoms with van der Waals surface area (Å²) in [6.45, 7) is 11.8. The van der Waals surface area contributed by atoms with Crippen molar-refractivity contribution in [3.05, 3.63) is 11.8 Å². The van der Waals surface area contributed by atoms with Gasteiger partial charge in [0.05, 0.1) is 13.7 Å². The minimum Gasteiger partial charge on any atom is -0.483 e. The number of carbonyl (C=O) groups excluding carboxylic acids is 2. The minimum atomic E-state index is -0.490. The Labute approximate surface area is 138 Å². The summed E-state index contributed by atoms with van der Waals surface area (Å²) in [7, 11) is 1.33. The molecule has 0 atom stereocenters. The Balaban J connectivity index is 2.97. The molecule has 0 aromatic heterocycles. The zero-order valence-electron chi connectivity index (χ0n) is 15.3. The molecule has 1 saturated heterocycles. The first kappa shape index (κ1) is 19.3. The van der Waals surface area contributed by atoms with Crippen LogP contribution in [0.15, 0.2) is 11.8 Å². The standard InChI is InChI=1S/C17H29NO5/c1-8-13(14(19)21-7)23-12-10-16(3,4)18(15(20)22-9-2)17(5,6)11-12/h8,12H,9-11H2,1-7H3. The van der Waals surface area contributed by atoms with Crippen molar-refractivity contribution in [2.24, 2.45) is 0 Å². The third-order valence-corrected chi connectivity index (χ3v) is 4.06. The van der Waals surface area contributed by atoms with Crippen LogP contribution in [0.3, 0.4) is 0 Å². The topological polar surface area (TPSA) is 65.1 Å². The maximum atomic E-state index is 12.3. The van der Waals surface area contributed by atoms with Gasteiger partial charge in [0.25, 0.3) is 0 Å². The third kappa shape index (κ3) is 4.39. The van der Waals surface area contributed by atoms with Crippen molar-refractivity contribution >= 4 is 12.1 Å². The van der Waals surface area contributed by atoms with E-state index in [1.807, 2.05) is 27.7 Å². The van der Waals surface area contributed by atoms with Crippen LogP contribution in [0, 0.1) is 0 Å². The first-order chi connectivity index (χ1) is 10.6. The van der Waals surface area contributed by atoms with Crippen molar-refractivity contribution in [3.8, 4) is 0 Å². The smallest absolute Gasteiger partial charge is 0.410 e. The fourth-order valence-electron chi connectivity index (χ4n) is 3.47. The van der Waals surface area contributed by atoms with Crippen molar-refractivity contribution in [3.63, 3.8) is 0 Å². The van der Waals surface area contributed by atoms with Crippen LogP contribution < -0.4 is 0 Å². The molecular weight excluding hydrogens is 298 g/mol. The molecule has 132 valence electrons. The Morgan fingerprint density at radius 3 is 2.09 bits per heavy atom. The highest BCUT2D eigenvalue weighted by Gasteiger charge is 2.49. The molecule has 0 aromatic rings. The molecule has 0 bridgehead atoms. The number of nitrogens with zero attached hydrogens (tertiary/aromatic N) is 1. The molecule has 0 saturated carbocycles. The van der Waals surface area contributed by atoms with Gasteiger partial charge in [0.1, 0.15) is 6.10 Å². The Morgan fingerprint density at radius 2 is 1.70 bits per heavy atom. The molecule has 1 rings (SSSR count). The molecule has 0 spiro atoms. The first-order valence-electron chi connectivity index (χ1n) is 7.97. The molecule has 1 aliphatic rings. The van der Waals surface area contributed by atoms with E-state index in [4.69, 9.17) is 14.2 Å². The second-order valence-corrected chi connectivity index (χ2v) is 6.95. The van der Waals surface area contributed by atoms with E-state index in [-0.39, 0.29) is 18.0 Å². The van der Waals surface area contributed by atoms with Crippen LogP contribution in [0.2, 0.25) is 0 Å². The average Bonchev–Trinajstić information content (AvgIpc) is 2.41. The molecule has 0 radical (unpaired) electrons. The van der Waals surface area contributed by atoms with Crippen LogP contribution in [0.1, 0.15) is 54.4 Å². The van der Waals surface area contributed by atoms with Crippen LogP contribution in [-0.2, 0) is 19.0 Å². The molecular formula is C17H29NO5.